The van der Waals surface area contributed by atoms with Crippen molar-refractivity contribution in [3.8, 4) is 11.8 Å². The second kappa shape index (κ2) is 5.01. The van der Waals surface area contributed by atoms with Crippen LogP contribution in [0, 0.1) is 17.8 Å². The van der Waals surface area contributed by atoms with Crippen molar-refractivity contribution in [3.05, 3.63) is 29.8 Å². The number of rotatable bonds is 1. The summed E-state index contributed by atoms with van der Waals surface area (Å²) in [7, 11) is -3.20. The van der Waals surface area contributed by atoms with Crippen molar-refractivity contribution in [1.29, 1.82) is 0 Å². The van der Waals surface area contributed by atoms with Gasteiger partial charge in [0.1, 0.15) is 0 Å². The molecule has 2 N–H and O–H groups in total. The van der Waals surface area contributed by atoms with E-state index in [2.05, 4.69) is 11.8 Å². The Kier molecular flexibility index (Phi) is 3.60. The lowest BCUT2D eigenvalue weighted by Gasteiger charge is -2.18. The normalized spacial score (nSPS) is 21.4. The summed E-state index contributed by atoms with van der Waals surface area (Å²) in [4.78, 5) is 0. The predicted octanol–water partition coefficient (Wildman–Crippen LogP) is 0.783. The molecule has 0 aliphatic carbocycles. The first kappa shape index (κ1) is 12.9. The van der Waals surface area contributed by atoms with Crippen molar-refractivity contribution in [3.63, 3.8) is 0 Å². The number of para-hydroxylation sites is 1. The summed E-state index contributed by atoms with van der Waals surface area (Å²) in [5.41, 5.74) is 6.71. The van der Waals surface area contributed by atoms with Gasteiger partial charge in [0.15, 0.2) is 0 Å². The monoisotopic (exact) mass is 264 g/mol. The average molecular weight is 264 g/mol. The van der Waals surface area contributed by atoms with Gasteiger partial charge in [-0.2, -0.15) is 0 Å². The molecule has 0 bridgehead atoms. The van der Waals surface area contributed by atoms with Crippen molar-refractivity contribution in [2.45, 2.75) is 6.92 Å². The Labute approximate surface area is 108 Å². The fourth-order valence-electron chi connectivity index (χ4n) is 2.09. The van der Waals surface area contributed by atoms with Crippen molar-refractivity contribution < 1.29 is 8.42 Å². The predicted molar refractivity (Wildman–Crippen MR) is 72.7 cm³/mol. The summed E-state index contributed by atoms with van der Waals surface area (Å²) in [5.74, 6) is 6.03. The molecule has 0 amide bonds. The van der Waals surface area contributed by atoms with Crippen LogP contribution < -0.4 is 10.0 Å². The molecule has 5 heteroatoms. The Bertz CT molecular complexity index is 599. The molecule has 0 spiro atoms. The minimum absolute atomic E-state index is 0.144. The maximum atomic E-state index is 12.1. The molecule has 1 aromatic rings. The van der Waals surface area contributed by atoms with Gasteiger partial charge in [-0.15, -0.1) is 0 Å². The molecule has 4 nitrogen and oxygen atoms in total. The Morgan fingerprint density at radius 3 is 2.78 bits per heavy atom. The molecule has 1 aliphatic rings. The fourth-order valence-corrected chi connectivity index (χ4v) is 4.04. The van der Waals surface area contributed by atoms with Crippen LogP contribution in [0.2, 0.25) is 0 Å². The van der Waals surface area contributed by atoms with Crippen LogP contribution in [0.15, 0.2) is 24.3 Å². The average Bonchev–Trinajstić information content (AvgIpc) is 2.60. The maximum Gasteiger partial charge on any atom is 0.235 e. The van der Waals surface area contributed by atoms with E-state index in [9.17, 15) is 8.42 Å². The van der Waals surface area contributed by atoms with E-state index in [0.29, 0.717) is 17.8 Å². The first-order valence-corrected chi connectivity index (χ1v) is 7.44. The first-order chi connectivity index (χ1) is 8.54. The molecule has 18 heavy (non-hydrogen) atoms. The molecule has 96 valence electrons. The van der Waals surface area contributed by atoms with Crippen LogP contribution in [-0.2, 0) is 10.0 Å². The summed E-state index contributed by atoms with van der Waals surface area (Å²) in [6.45, 7) is 2.72. The minimum Gasteiger partial charge on any atom is -0.320 e. The quantitative estimate of drug-likeness (QED) is 0.763. The molecule has 1 fully saturated rings. The van der Waals surface area contributed by atoms with Gasteiger partial charge >= 0.3 is 0 Å². The van der Waals surface area contributed by atoms with Crippen molar-refractivity contribution in [1.82, 2.24) is 0 Å². The number of anilines is 1. The van der Waals surface area contributed by atoms with E-state index in [1.165, 1.54) is 4.31 Å². The van der Waals surface area contributed by atoms with E-state index in [1.807, 2.05) is 25.1 Å². The molecule has 1 heterocycles. The molecule has 2 rings (SSSR count). The highest BCUT2D eigenvalue weighted by atomic mass is 32.2. The summed E-state index contributed by atoms with van der Waals surface area (Å²) < 4.78 is 25.6. The van der Waals surface area contributed by atoms with E-state index in [1.54, 1.807) is 6.07 Å². The lowest BCUT2D eigenvalue weighted by molar-refractivity contribution is 0.598. The zero-order chi connectivity index (χ0) is 13.2. The minimum atomic E-state index is -3.20. The highest BCUT2D eigenvalue weighted by Crippen LogP contribution is 2.29. The van der Waals surface area contributed by atoms with Crippen molar-refractivity contribution in [2.75, 3.05) is 23.1 Å². The van der Waals surface area contributed by atoms with E-state index in [-0.39, 0.29) is 18.2 Å². The van der Waals surface area contributed by atoms with Crippen LogP contribution in [0.3, 0.4) is 0 Å². The largest absolute Gasteiger partial charge is 0.320 e. The smallest absolute Gasteiger partial charge is 0.235 e. The molecule has 1 aromatic carbocycles. The number of nitrogens with zero attached hydrogens (tertiary/aromatic N) is 1. The van der Waals surface area contributed by atoms with Crippen LogP contribution in [0.4, 0.5) is 5.69 Å². The van der Waals surface area contributed by atoms with Gasteiger partial charge in [0.2, 0.25) is 10.0 Å². The van der Waals surface area contributed by atoms with Gasteiger partial charge in [-0.1, -0.05) is 30.9 Å². The highest BCUT2D eigenvalue weighted by molar-refractivity contribution is 7.93. The van der Waals surface area contributed by atoms with Gasteiger partial charge < -0.3 is 5.73 Å². The third-order valence-electron chi connectivity index (χ3n) is 2.81. The van der Waals surface area contributed by atoms with Crippen molar-refractivity contribution >= 4 is 15.7 Å². The molecule has 1 unspecified atom stereocenters. The van der Waals surface area contributed by atoms with Gasteiger partial charge in [-0.3, -0.25) is 4.31 Å². The Morgan fingerprint density at radius 1 is 1.44 bits per heavy atom. The summed E-state index contributed by atoms with van der Waals surface area (Å²) in [6.07, 6.45) is 0. The van der Waals surface area contributed by atoms with Crippen LogP contribution in [0.5, 0.6) is 0 Å². The lowest BCUT2D eigenvalue weighted by atomic mass is 10.1. The van der Waals surface area contributed by atoms with Crippen LogP contribution in [0.1, 0.15) is 12.5 Å². The zero-order valence-corrected chi connectivity index (χ0v) is 11.1. The molecular weight excluding hydrogens is 248 g/mol. The first-order valence-electron chi connectivity index (χ1n) is 5.83. The molecule has 0 saturated carbocycles. The van der Waals surface area contributed by atoms with E-state index < -0.39 is 10.0 Å². The SMILES string of the molecule is CC1CN(c2ccccc2C#CCN)S(=O)(=O)C1. The summed E-state index contributed by atoms with van der Waals surface area (Å²) >= 11 is 0. The lowest BCUT2D eigenvalue weighted by Crippen LogP contribution is -2.26. The third kappa shape index (κ3) is 2.50. The van der Waals surface area contributed by atoms with Gasteiger partial charge in [0, 0.05) is 12.1 Å². The Balaban J connectivity index is 2.46. The molecule has 0 radical (unpaired) electrons. The molecule has 1 aliphatic heterocycles. The van der Waals surface area contributed by atoms with Crippen molar-refractivity contribution in [2.24, 2.45) is 11.7 Å². The van der Waals surface area contributed by atoms with Crippen LogP contribution >= 0.6 is 0 Å². The van der Waals surface area contributed by atoms with Crippen LogP contribution in [0.25, 0.3) is 0 Å². The Hall–Kier alpha value is -1.51. The molecule has 1 atom stereocenters. The number of hydrogen-bond acceptors (Lipinski definition) is 3. The summed E-state index contributed by atoms with van der Waals surface area (Å²) in [5, 5.41) is 0. The fraction of sp³-hybridized carbons (Fsp3) is 0.385. The highest BCUT2D eigenvalue weighted by Gasteiger charge is 2.34. The standard InChI is InChI=1S/C13H16N2O2S/c1-11-9-15(18(16,17)10-11)13-7-3-2-5-12(13)6-4-8-14/h2-3,5,7,11H,8-10,14H2,1H3. The molecule has 0 aromatic heterocycles. The second-order valence-electron chi connectivity index (χ2n) is 4.44. The van der Waals surface area contributed by atoms with E-state index in [0.717, 1.165) is 0 Å². The molecule has 1 saturated heterocycles. The molecular formula is C13H16N2O2S. The topological polar surface area (TPSA) is 63.4 Å². The van der Waals surface area contributed by atoms with Gasteiger partial charge in [-0.05, 0) is 18.1 Å². The zero-order valence-electron chi connectivity index (χ0n) is 10.3. The number of nitrogens with two attached hydrogens (primary N) is 1. The number of hydrogen-bond donors (Lipinski definition) is 1. The Morgan fingerprint density at radius 2 is 2.17 bits per heavy atom. The number of sulfonamides is 1. The van der Waals surface area contributed by atoms with Gasteiger partial charge in [0.05, 0.1) is 18.0 Å². The second-order valence-corrected chi connectivity index (χ2v) is 6.38. The summed E-state index contributed by atoms with van der Waals surface area (Å²) in [6, 6.07) is 7.27. The van der Waals surface area contributed by atoms with Crippen LogP contribution in [-0.4, -0.2) is 27.3 Å². The van der Waals surface area contributed by atoms with E-state index in [4.69, 9.17) is 5.73 Å². The van der Waals surface area contributed by atoms with Gasteiger partial charge in [0.25, 0.3) is 0 Å². The van der Waals surface area contributed by atoms with Gasteiger partial charge in [-0.25, -0.2) is 8.42 Å². The third-order valence-corrected chi connectivity index (χ3v) is 4.81. The number of benzene rings is 1. The maximum absolute atomic E-state index is 12.1. The van der Waals surface area contributed by atoms with E-state index >= 15 is 0 Å².